The van der Waals surface area contributed by atoms with E-state index in [-0.39, 0.29) is 22.2 Å². The second-order valence-corrected chi connectivity index (χ2v) is 26.9. The lowest BCUT2D eigenvalue weighted by Gasteiger charge is -2.32. The van der Waals surface area contributed by atoms with E-state index in [9.17, 15) is 13.2 Å². The van der Waals surface area contributed by atoms with Gasteiger partial charge in [-0.2, -0.15) is 26.0 Å². The maximum Gasteiger partial charge on any atom is 0.494 e. The maximum absolute atomic E-state index is 14.7. The Labute approximate surface area is 557 Å². The zero-order valence-electron chi connectivity index (χ0n) is 54.4. The minimum Gasteiger partial charge on any atom is -0.399 e. The summed E-state index contributed by atoms with van der Waals surface area (Å²) in [5.41, 5.74) is 11.2. The normalized spacial score (nSPS) is 14.6. The second kappa shape index (κ2) is 30.5. The first kappa shape index (κ1) is 71.9. The number of aryl methyl sites for hydroxylation is 3. The minimum atomic E-state index is -0.584. The molecule has 0 unspecified atom stereocenters. The van der Waals surface area contributed by atoms with E-state index in [2.05, 4.69) is 79.6 Å². The highest BCUT2D eigenvalue weighted by molar-refractivity contribution is 6.62. The van der Waals surface area contributed by atoms with Gasteiger partial charge < -0.3 is 36.3 Å². The molecule has 2 aliphatic carbocycles. The predicted molar refractivity (Wildman–Crippen MR) is 361 cm³/mol. The molecule has 3 aromatic carbocycles. The van der Waals surface area contributed by atoms with E-state index in [0.717, 1.165) is 40.9 Å². The van der Waals surface area contributed by atoms with Gasteiger partial charge >= 0.3 is 7.12 Å². The van der Waals surface area contributed by atoms with Crippen molar-refractivity contribution >= 4 is 81.8 Å². The Hall–Kier alpha value is -8.57. The number of nitrogens with one attached hydrogen (secondary N) is 4. The number of anilines is 6. The summed E-state index contributed by atoms with van der Waals surface area (Å²) in [6.45, 7) is 25.3. The molecule has 6 heterocycles. The SMILES string of the molecule is CC(C)(C#N)CNc1ccc(B2OC(C)(C)C(C)(C)O2)cc1F.Cc1cnc(Cl)nc1-c1ccc(NCC(C)(C)C#N)c(F)c1.Cc1cnc(Cl)nc1Cl.Cc1cnc(Nc2cnn(C3CC3)c2)nc1-c1ccc(NCC(C)(C)C#N)c(F)c1.Nc1cnn(C2CC2)c1. The largest absolute Gasteiger partial charge is 0.494 e. The Morgan fingerprint density at radius 3 is 1.42 bits per heavy atom. The number of halogens is 6. The smallest absolute Gasteiger partial charge is 0.399 e. The van der Waals surface area contributed by atoms with Gasteiger partial charge in [0.25, 0.3) is 0 Å². The van der Waals surface area contributed by atoms with Crippen molar-refractivity contribution in [1.82, 2.24) is 49.5 Å². The molecular weight excluding hydrogens is 1250 g/mol. The summed E-state index contributed by atoms with van der Waals surface area (Å²) in [7, 11) is -0.584. The topological polar surface area (TPSA) is 277 Å². The average Bonchev–Trinajstić information content (AvgIpc) is 1.69. The lowest BCUT2D eigenvalue weighted by Crippen LogP contribution is -2.41. The van der Waals surface area contributed by atoms with Gasteiger partial charge in [-0.3, -0.25) is 9.36 Å². The molecule has 0 amide bonds. The minimum absolute atomic E-state index is 0.124. The lowest BCUT2D eigenvalue weighted by molar-refractivity contribution is 0.00578. The molecule has 1 aliphatic heterocycles. The van der Waals surface area contributed by atoms with E-state index in [4.69, 9.17) is 65.6 Å². The molecule has 0 spiro atoms. The molecule has 11 rings (SSSR count). The van der Waals surface area contributed by atoms with Crippen LogP contribution in [0.1, 0.15) is 124 Å². The van der Waals surface area contributed by atoms with Crippen LogP contribution in [-0.2, 0) is 9.31 Å². The van der Waals surface area contributed by atoms with Crippen molar-refractivity contribution < 1.29 is 22.5 Å². The molecule has 0 atom stereocenters. The molecule has 2 saturated carbocycles. The van der Waals surface area contributed by atoms with Gasteiger partial charge in [0, 0.05) is 67.3 Å². The van der Waals surface area contributed by atoms with Gasteiger partial charge in [-0.25, -0.2) is 43.1 Å². The van der Waals surface area contributed by atoms with Crippen molar-refractivity contribution in [1.29, 1.82) is 15.8 Å². The van der Waals surface area contributed by atoms with Gasteiger partial charge in [0.05, 0.1) is 110 Å². The zero-order chi connectivity index (χ0) is 68.2. The van der Waals surface area contributed by atoms with E-state index >= 15 is 0 Å². The van der Waals surface area contributed by atoms with Crippen molar-refractivity contribution in [3.05, 3.63) is 148 Å². The van der Waals surface area contributed by atoms with E-state index in [1.54, 1.807) is 103 Å². The molecule has 0 bridgehead atoms. The van der Waals surface area contributed by atoms with Crippen LogP contribution in [0.2, 0.25) is 15.7 Å². The molecular formula is C66H77BCl3F3N18O2. The molecule has 0 radical (unpaired) electrons. The molecule has 3 fully saturated rings. The van der Waals surface area contributed by atoms with Crippen LogP contribution in [0.15, 0.2) is 98.0 Å². The molecule has 3 aliphatic rings. The van der Waals surface area contributed by atoms with Gasteiger partial charge in [-0.05, 0) is 192 Å². The number of nitrogen functional groups attached to an aromatic ring is 1. The van der Waals surface area contributed by atoms with E-state index in [1.807, 2.05) is 76.3 Å². The highest BCUT2D eigenvalue weighted by atomic mass is 35.5. The number of nitriles is 3. The molecule has 20 nitrogen and oxygen atoms in total. The first-order chi connectivity index (χ1) is 43.7. The van der Waals surface area contributed by atoms with Crippen LogP contribution in [-0.4, -0.2) is 87.4 Å². The number of aromatic nitrogens is 10. The number of hydrogen-bond acceptors (Lipinski definition) is 18. The number of hydrogen-bond donors (Lipinski definition) is 5. The van der Waals surface area contributed by atoms with Crippen LogP contribution < -0.4 is 32.5 Å². The van der Waals surface area contributed by atoms with Crippen molar-refractivity contribution in [2.45, 2.75) is 139 Å². The lowest BCUT2D eigenvalue weighted by atomic mass is 9.79. The van der Waals surface area contributed by atoms with Gasteiger partial charge in [-0.1, -0.05) is 29.8 Å². The Balaban J connectivity index is 0.000000175. The van der Waals surface area contributed by atoms with Crippen LogP contribution in [0, 0.1) is 88.5 Å². The summed E-state index contributed by atoms with van der Waals surface area (Å²) in [5, 5.41) is 48.4. The van der Waals surface area contributed by atoms with Gasteiger partial charge in [-0.15, -0.1) is 0 Å². The molecule has 27 heteroatoms. The van der Waals surface area contributed by atoms with Crippen LogP contribution in [0.25, 0.3) is 22.5 Å². The van der Waals surface area contributed by atoms with Gasteiger partial charge in [0.15, 0.2) is 0 Å². The molecule has 6 N–H and O–H groups in total. The highest BCUT2D eigenvalue weighted by Gasteiger charge is 2.52. The predicted octanol–water partition coefficient (Wildman–Crippen LogP) is 15.0. The fraction of sp³-hybridized carbons (Fsp3) is 0.409. The summed E-state index contributed by atoms with van der Waals surface area (Å²) in [6, 6.07) is 22.3. The number of rotatable bonds is 16. The molecule has 5 aromatic heterocycles. The van der Waals surface area contributed by atoms with Crippen molar-refractivity contribution in [3.8, 4) is 40.7 Å². The first-order valence-electron chi connectivity index (χ1n) is 30.0. The Bertz CT molecular complexity index is 4020. The third-order valence-electron chi connectivity index (χ3n) is 15.2. The van der Waals surface area contributed by atoms with Crippen molar-refractivity contribution in [2.75, 3.05) is 46.6 Å². The third kappa shape index (κ3) is 20.7. The fourth-order valence-electron chi connectivity index (χ4n) is 8.35. The fourth-order valence-corrected chi connectivity index (χ4v) is 8.79. The van der Waals surface area contributed by atoms with Gasteiger partial charge in [0.1, 0.15) is 22.6 Å². The molecule has 488 valence electrons. The van der Waals surface area contributed by atoms with E-state index < -0.39 is 40.4 Å². The summed E-state index contributed by atoms with van der Waals surface area (Å²) in [4.78, 5) is 24.4. The monoisotopic (exact) mass is 1330 g/mol. The second-order valence-electron chi connectivity index (χ2n) is 25.8. The Morgan fingerprint density at radius 1 is 0.581 bits per heavy atom. The van der Waals surface area contributed by atoms with Crippen LogP contribution in [0.4, 0.5) is 47.6 Å². The summed E-state index contributed by atoms with van der Waals surface area (Å²) in [5.74, 6) is -0.741. The molecule has 8 aromatic rings. The van der Waals surface area contributed by atoms with Crippen LogP contribution >= 0.6 is 34.8 Å². The standard InChI is InChI=1S/C22H24FN7.C17H24BFN2O2.C16H16ClFN4.C6H9N3.C5H4Cl2N2/c1-14-9-25-21(28-16-10-27-30(11-16)17-5-6-17)29-20(14)15-4-7-19(18(23)8-15)26-13-22(2,3)12-24;1-15(2,10-20)11-21-14-8-7-12(9-13(14)19)18-22-16(3,4)17(5,6)23-18;1-10-7-20-15(17)22-14(10)11-4-5-13(12(18)6-11)21-9-16(2,3)8-19;7-5-3-8-9(4-5)6-1-2-6;1-3-2-8-5(7)9-4(3)6/h4,7-11,17,26H,5-6,13H2,1-3H3,(H,25,28,29);7-9,21H,11H2,1-6H3;4-7,21H,9H2,1-3H3;3-4,6H,1-2,7H2;2H,1H3. The summed E-state index contributed by atoms with van der Waals surface area (Å²) < 4.78 is 58.9. The van der Waals surface area contributed by atoms with Gasteiger partial charge in [0.2, 0.25) is 16.5 Å². The first-order valence-corrected chi connectivity index (χ1v) is 31.1. The Morgan fingerprint density at radius 2 is 1.00 bits per heavy atom. The van der Waals surface area contributed by atoms with E-state index in [1.165, 1.54) is 31.0 Å². The van der Waals surface area contributed by atoms with Crippen LogP contribution in [0.5, 0.6) is 0 Å². The Kier molecular flexibility index (Phi) is 23.5. The molecule has 1 saturated heterocycles. The van der Waals surface area contributed by atoms with Crippen molar-refractivity contribution in [3.63, 3.8) is 0 Å². The quantitative estimate of drug-likeness (QED) is 0.0341. The van der Waals surface area contributed by atoms with Crippen molar-refractivity contribution in [2.24, 2.45) is 16.2 Å². The summed E-state index contributed by atoms with van der Waals surface area (Å²) >= 11 is 16.8. The highest BCUT2D eigenvalue weighted by Crippen LogP contribution is 2.38. The van der Waals surface area contributed by atoms with E-state index in [0.29, 0.717) is 87.9 Å². The number of benzene rings is 3. The maximum atomic E-state index is 14.7. The third-order valence-corrected chi connectivity index (χ3v) is 15.9. The average molecular weight is 1330 g/mol. The number of nitrogens with two attached hydrogens (primary N) is 1. The summed E-state index contributed by atoms with van der Waals surface area (Å²) in [6.07, 6.45) is 17.0. The molecule has 93 heavy (non-hydrogen) atoms. The zero-order valence-corrected chi connectivity index (χ0v) is 56.7. The van der Waals surface area contributed by atoms with Crippen LogP contribution in [0.3, 0.4) is 0 Å². The number of nitrogens with zero attached hydrogens (tertiary/aromatic N) is 13.